The summed E-state index contributed by atoms with van der Waals surface area (Å²) in [6, 6.07) is 9.82. The molecule has 2 amide bonds. The molecule has 1 fully saturated rings. The molecule has 1 aromatic carbocycles. The van der Waals surface area contributed by atoms with Gasteiger partial charge in [0.25, 0.3) is 0 Å². The lowest BCUT2D eigenvalue weighted by molar-refractivity contribution is -0.139. The number of amides is 2. The fraction of sp³-hybridized carbons (Fsp3) is 0.438. The number of hydrogen-bond acceptors (Lipinski definition) is 3. The molecule has 5 nitrogen and oxygen atoms in total. The first-order valence-electron chi connectivity index (χ1n) is 7.27. The van der Waals surface area contributed by atoms with Gasteiger partial charge in [0, 0.05) is 37.1 Å². The van der Waals surface area contributed by atoms with Crippen LogP contribution in [0, 0.1) is 11.3 Å². The Balaban J connectivity index is 1.78. The molecule has 0 atom stereocenters. The maximum Gasteiger partial charge on any atom is 0.236 e. The first-order chi connectivity index (χ1) is 10.6. The molecule has 1 heterocycles. The predicted octanol–water partition coefficient (Wildman–Crippen LogP) is 1.97. The molecule has 0 bridgehead atoms. The van der Waals surface area contributed by atoms with Gasteiger partial charge in [-0.15, -0.1) is 0 Å². The second kappa shape index (κ2) is 7.95. The van der Waals surface area contributed by atoms with E-state index >= 15 is 0 Å². The summed E-state index contributed by atoms with van der Waals surface area (Å²) in [5.74, 6) is -0.0314. The fourth-order valence-electron chi connectivity index (χ4n) is 2.49. The van der Waals surface area contributed by atoms with Crippen LogP contribution in [-0.4, -0.2) is 47.8 Å². The summed E-state index contributed by atoms with van der Waals surface area (Å²) < 4.78 is 1.02. The van der Waals surface area contributed by atoms with E-state index < -0.39 is 0 Å². The van der Waals surface area contributed by atoms with E-state index in [0.717, 1.165) is 10.0 Å². The molecule has 1 aromatic rings. The topological polar surface area (TPSA) is 64.4 Å². The second-order valence-electron chi connectivity index (χ2n) is 5.23. The first-order valence-corrected chi connectivity index (χ1v) is 8.06. The largest absolute Gasteiger partial charge is 0.339 e. The highest BCUT2D eigenvalue weighted by molar-refractivity contribution is 9.10. The van der Waals surface area contributed by atoms with Crippen LogP contribution in [0.2, 0.25) is 0 Å². The monoisotopic (exact) mass is 363 g/mol. The molecule has 1 aliphatic rings. The maximum absolute atomic E-state index is 12.2. The Morgan fingerprint density at radius 3 is 2.36 bits per heavy atom. The SMILES string of the molecule is N#CCC(=O)N1CCN(C(=O)CCc2cccc(Br)c2)CC1. The molecule has 1 saturated heterocycles. The van der Waals surface area contributed by atoms with Crippen molar-refractivity contribution in [2.24, 2.45) is 0 Å². The second-order valence-corrected chi connectivity index (χ2v) is 6.14. The normalized spacial score (nSPS) is 14.5. The zero-order valence-corrected chi connectivity index (χ0v) is 13.9. The van der Waals surface area contributed by atoms with Crippen LogP contribution in [0.5, 0.6) is 0 Å². The molecule has 0 aliphatic carbocycles. The quantitative estimate of drug-likeness (QED) is 0.821. The third kappa shape index (κ3) is 4.57. The van der Waals surface area contributed by atoms with Gasteiger partial charge in [0.1, 0.15) is 6.42 Å². The van der Waals surface area contributed by atoms with Gasteiger partial charge in [-0.05, 0) is 24.1 Å². The minimum atomic E-state index is -0.149. The van der Waals surface area contributed by atoms with E-state index in [9.17, 15) is 9.59 Å². The van der Waals surface area contributed by atoms with Gasteiger partial charge in [-0.2, -0.15) is 5.26 Å². The number of benzene rings is 1. The molecule has 22 heavy (non-hydrogen) atoms. The smallest absolute Gasteiger partial charge is 0.236 e. The summed E-state index contributed by atoms with van der Waals surface area (Å²) in [5, 5.41) is 8.54. The van der Waals surface area contributed by atoms with Crippen molar-refractivity contribution >= 4 is 27.7 Å². The van der Waals surface area contributed by atoms with Crippen LogP contribution >= 0.6 is 15.9 Å². The number of carbonyl (C=O) groups is 2. The molecule has 6 heteroatoms. The Morgan fingerprint density at radius 1 is 1.14 bits per heavy atom. The van der Waals surface area contributed by atoms with Crippen molar-refractivity contribution in [2.45, 2.75) is 19.3 Å². The number of hydrogen-bond donors (Lipinski definition) is 0. The van der Waals surface area contributed by atoms with E-state index in [0.29, 0.717) is 39.0 Å². The summed E-state index contributed by atoms with van der Waals surface area (Å²) >= 11 is 3.42. The van der Waals surface area contributed by atoms with Crippen molar-refractivity contribution in [3.8, 4) is 6.07 Å². The molecule has 0 aromatic heterocycles. The molecule has 1 aliphatic heterocycles. The predicted molar refractivity (Wildman–Crippen MR) is 85.9 cm³/mol. The molecule has 0 saturated carbocycles. The highest BCUT2D eigenvalue weighted by atomic mass is 79.9. The molecular weight excluding hydrogens is 346 g/mol. The van der Waals surface area contributed by atoms with Crippen molar-refractivity contribution in [1.29, 1.82) is 5.26 Å². The number of halogens is 1. The highest BCUT2D eigenvalue weighted by Gasteiger charge is 2.23. The Morgan fingerprint density at radius 2 is 1.77 bits per heavy atom. The summed E-state index contributed by atoms with van der Waals surface area (Å²) in [7, 11) is 0. The number of piperazine rings is 1. The van der Waals surface area contributed by atoms with E-state index in [1.807, 2.05) is 30.3 Å². The standard InChI is InChI=1S/C16H18BrN3O2/c17-14-3-1-2-13(12-14)4-5-15(21)19-8-10-20(11-9-19)16(22)6-7-18/h1-3,12H,4-6,8-11H2. The van der Waals surface area contributed by atoms with Crippen molar-refractivity contribution < 1.29 is 9.59 Å². The average molecular weight is 364 g/mol. The van der Waals surface area contributed by atoms with Gasteiger partial charge in [0.2, 0.25) is 11.8 Å². The van der Waals surface area contributed by atoms with Crippen LogP contribution in [0.15, 0.2) is 28.7 Å². The average Bonchev–Trinajstić information content (AvgIpc) is 2.53. The molecule has 116 valence electrons. The minimum absolute atomic E-state index is 0.0865. The third-order valence-electron chi connectivity index (χ3n) is 3.73. The first kappa shape index (κ1) is 16.5. The van der Waals surface area contributed by atoms with Crippen LogP contribution in [0.4, 0.5) is 0 Å². The van der Waals surface area contributed by atoms with Gasteiger partial charge in [-0.25, -0.2) is 0 Å². The third-order valence-corrected chi connectivity index (χ3v) is 4.23. The summed E-state index contributed by atoms with van der Waals surface area (Å²) in [5.41, 5.74) is 1.13. The van der Waals surface area contributed by atoms with E-state index in [-0.39, 0.29) is 18.2 Å². The molecular formula is C16H18BrN3O2. The number of aryl methyl sites for hydroxylation is 1. The zero-order valence-electron chi connectivity index (χ0n) is 12.3. The summed E-state index contributed by atoms with van der Waals surface area (Å²) in [6.07, 6.45) is 1.10. The van der Waals surface area contributed by atoms with Crippen LogP contribution in [0.3, 0.4) is 0 Å². The van der Waals surface area contributed by atoms with E-state index in [1.165, 1.54) is 0 Å². The van der Waals surface area contributed by atoms with Gasteiger partial charge in [0.05, 0.1) is 6.07 Å². The summed E-state index contributed by atoms with van der Waals surface area (Å²) in [6.45, 7) is 2.13. The lowest BCUT2D eigenvalue weighted by Crippen LogP contribution is -2.50. The lowest BCUT2D eigenvalue weighted by Gasteiger charge is -2.34. The number of carbonyl (C=O) groups excluding carboxylic acids is 2. The number of nitriles is 1. The fourth-order valence-corrected chi connectivity index (χ4v) is 2.93. The van der Waals surface area contributed by atoms with E-state index in [1.54, 1.807) is 9.80 Å². The van der Waals surface area contributed by atoms with Crippen LogP contribution in [0.1, 0.15) is 18.4 Å². The Labute approximate surface area is 138 Å². The minimum Gasteiger partial charge on any atom is -0.339 e. The Bertz CT molecular complexity index is 589. The zero-order chi connectivity index (χ0) is 15.9. The van der Waals surface area contributed by atoms with Gasteiger partial charge in [-0.1, -0.05) is 28.1 Å². The highest BCUT2D eigenvalue weighted by Crippen LogP contribution is 2.14. The van der Waals surface area contributed by atoms with Crippen molar-refractivity contribution in [1.82, 2.24) is 9.80 Å². The van der Waals surface area contributed by atoms with Gasteiger partial charge >= 0.3 is 0 Å². The molecule has 0 N–H and O–H groups in total. The van der Waals surface area contributed by atoms with Crippen LogP contribution in [0.25, 0.3) is 0 Å². The Kier molecular flexibility index (Phi) is 5.96. The van der Waals surface area contributed by atoms with Gasteiger partial charge < -0.3 is 9.80 Å². The molecule has 0 spiro atoms. The number of rotatable bonds is 4. The number of nitrogens with zero attached hydrogens (tertiary/aromatic N) is 3. The lowest BCUT2D eigenvalue weighted by atomic mass is 10.1. The van der Waals surface area contributed by atoms with Crippen LogP contribution < -0.4 is 0 Å². The van der Waals surface area contributed by atoms with Crippen molar-refractivity contribution in [3.05, 3.63) is 34.3 Å². The maximum atomic E-state index is 12.2. The van der Waals surface area contributed by atoms with E-state index in [4.69, 9.17) is 5.26 Å². The van der Waals surface area contributed by atoms with Gasteiger partial charge in [0.15, 0.2) is 0 Å². The van der Waals surface area contributed by atoms with Crippen LogP contribution in [-0.2, 0) is 16.0 Å². The van der Waals surface area contributed by atoms with Crippen molar-refractivity contribution in [2.75, 3.05) is 26.2 Å². The molecule has 0 unspecified atom stereocenters. The van der Waals surface area contributed by atoms with Crippen molar-refractivity contribution in [3.63, 3.8) is 0 Å². The van der Waals surface area contributed by atoms with Gasteiger partial charge in [-0.3, -0.25) is 9.59 Å². The summed E-state index contributed by atoms with van der Waals surface area (Å²) in [4.78, 5) is 27.3. The molecule has 2 rings (SSSR count). The molecule has 0 radical (unpaired) electrons. The Hall–Kier alpha value is -1.87. The van der Waals surface area contributed by atoms with E-state index in [2.05, 4.69) is 15.9 Å².